The molecule has 0 radical (unpaired) electrons. The summed E-state index contributed by atoms with van der Waals surface area (Å²) < 4.78 is 0. The maximum atomic E-state index is 14.0. The molecule has 0 aromatic heterocycles. The maximum Gasteiger partial charge on any atom is 0.289 e. The number of carbonyl (C=O) groups excluding carboxylic acids is 5. The summed E-state index contributed by atoms with van der Waals surface area (Å²) >= 11 is 0. The minimum atomic E-state index is -1.06. The van der Waals surface area contributed by atoms with Gasteiger partial charge in [-0.2, -0.15) is 0 Å². The molecule has 0 heterocycles. The van der Waals surface area contributed by atoms with Crippen LogP contribution in [-0.4, -0.2) is 47.5 Å². The first-order chi connectivity index (χ1) is 21.0. The molecule has 4 aliphatic carbocycles. The van der Waals surface area contributed by atoms with Gasteiger partial charge < -0.3 is 21.3 Å². The molecule has 0 spiro atoms. The molecule has 4 amide bonds. The van der Waals surface area contributed by atoms with Crippen molar-refractivity contribution in [1.29, 1.82) is 0 Å². The zero-order chi connectivity index (χ0) is 31.4. The van der Waals surface area contributed by atoms with Gasteiger partial charge in [-0.1, -0.05) is 62.4 Å². The molecule has 9 nitrogen and oxygen atoms in total. The van der Waals surface area contributed by atoms with Crippen molar-refractivity contribution >= 4 is 29.4 Å². The molecule has 4 bridgehead atoms. The van der Waals surface area contributed by atoms with E-state index < -0.39 is 41.6 Å². The molecule has 3 atom stereocenters. The molecule has 2 aromatic carbocycles. The fourth-order valence-electron chi connectivity index (χ4n) is 8.01. The van der Waals surface area contributed by atoms with E-state index in [1.807, 2.05) is 36.4 Å². The fourth-order valence-corrected chi connectivity index (χ4v) is 8.01. The molecular weight excluding hydrogens is 556 g/mol. The fraction of sp³-hybridized carbons (Fsp3) is 0.514. The van der Waals surface area contributed by atoms with Crippen LogP contribution < -0.4 is 21.3 Å². The SMILES string of the molecule is CC(C)[C@H](NC(=O)[C@H](C)NC(=O)[C@@H](NC(=O)c1ccccc1)C12CC3CC(CC(C3)C1)C2)C(=O)C(=O)NCc1ccccc1. The number of benzene rings is 2. The molecule has 44 heavy (non-hydrogen) atoms. The second kappa shape index (κ2) is 13.3. The Labute approximate surface area is 259 Å². The molecular formula is C35H44N4O5. The predicted molar refractivity (Wildman–Crippen MR) is 166 cm³/mol. The Hall–Kier alpha value is -4.01. The van der Waals surface area contributed by atoms with Crippen LogP contribution in [0.5, 0.6) is 0 Å². The van der Waals surface area contributed by atoms with E-state index in [0.717, 1.165) is 24.8 Å². The van der Waals surface area contributed by atoms with Gasteiger partial charge in [-0.15, -0.1) is 0 Å². The number of rotatable bonds is 12. The normalized spacial score (nSPS) is 25.4. The van der Waals surface area contributed by atoms with E-state index in [-0.39, 0.29) is 23.8 Å². The van der Waals surface area contributed by atoms with E-state index in [2.05, 4.69) is 21.3 Å². The van der Waals surface area contributed by atoms with Crippen molar-refractivity contribution in [2.75, 3.05) is 0 Å². The Kier molecular flexibility index (Phi) is 9.51. The first-order valence-corrected chi connectivity index (χ1v) is 15.9. The van der Waals surface area contributed by atoms with Crippen LogP contribution >= 0.6 is 0 Å². The van der Waals surface area contributed by atoms with E-state index in [9.17, 15) is 24.0 Å². The monoisotopic (exact) mass is 600 g/mol. The number of nitrogens with one attached hydrogen (secondary N) is 4. The van der Waals surface area contributed by atoms with E-state index in [4.69, 9.17) is 0 Å². The molecule has 0 unspecified atom stereocenters. The van der Waals surface area contributed by atoms with Crippen LogP contribution in [0.3, 0.4) is 0 Å². The largest absolute Gasteiger partial charge is 0.345 e. The van der Waals surface area contributed by atoms with Gasteiger partial charge in [0.05, 0.1) is 6.04 Å². The third kappa shape index (κ3) is 7.03. The molecule has 9 heteroatoms. The zero-order valence-corrected chi connectivity index (χ0v) is 25.8. The van der Waals surface area contributed by atoms with E-state index in [1.165, 1.54) is 19.3 Å². The lowest BCUT2D eigenvalue weighted by Crippen LogP contribution is -2.64. The van der Waals surface area contributed by atoms with Crippen LogP contribution in [0.4, 0.5) is 0 Å². The van der Waals surface area contributed by atoms with Gasteiger partial charge in [-0.3, -0.25) is 24.0 Å². The lowest BCUT2D eigenvalue weighted by atomic mass is 9.47. The van der Waals surface area contributed by atoms with Crippen LogP contribution in [-0.2, 0) is 25.7 Å². The van der Waals surface area contributed by atoms with Gasteiger partial charge in [-0.05, 0) is 86.8 Å². The van der Waals surface area contributed by atoms with Gasteiger partial charge in [0.15, 0.2) is 0 Å². The number of Topliss-reactive ketones (excluding diaryl/α,β-unsaturated/α-hetero) is 1. The van der Waals surface area contributed by atoms with Crippen LogP contribution in [0.2, 0.25) is 0 Å². The number of hydrogen-bond acceptors (Lipinski definition) is 5. The van der Waals surface area contributed by atoms with E-state index in [0.29, 0.717) is 23.3 Å². The Bertz CT molecular complexity index is 1340. The van der Waals surface area contributed by atoms with Crippen molar-refractivity contribution in [3.05, 3.63) is 71.8 Å². The van der Waals surface area contributed by atoms with Crippen molar-refractivity contribution < 1.29 is 24.0 Å². The van der Waals surface area contributed by atoms with Gasteiger partial charge in [0.1, 0.15) is 12.1 Å². The summed E-state index contributed by atoms with van der Waals surface area (Å²) in [4.78, 5) is 66.4. The predicted octanol–water partition coefficient (Wildman–Crippen LogP) is 3.53. The minimum absolute atomic E-state index is 0.192. The summed E-state index contributed by atoms with van der Waals surface area (Å²) in [5, 5.41) is 11.2. The topological polar surface area (TPSA) is 133 Å². The second-order valence-corrected chi connectivity index (χ2v) is 13.5. The van der Waals surface area contributed by atoms with Crippen molar-refractivity contribution in [1.82, 2.24) is 21.3 Å². The molecule has 0 saturated heterocycles. The average Bonchev–Trinajstić information content (AvgIpc) is 3.00. The van der Waals surface area contributed by atoms with Gasteiger partial charge >= 0.3 is 0 Å². The highest BCUT2D eigenvalue weighted by atomic mass is 16.2. The smallest absolute Gasteiger partial charge is 0.289 e. The van der Waals surface area contributed by atoms with Crippen molar-refractivity contribution in [3.63, 3.8) is 0 Å². The molecule has 4 N–H and O–H groups in total. The van der Waals surface area contributed by atoms with Gasteiger partial charge in [-0.25, -0.2) is 0 Å². The van der Waals surface area contributed by atoms with Crippen molar-refractivity contribution in [2.45, 2.75) is 84.0 Å². The van der Waals surface area contributed by atoms with E-state index >= 15 is 0 Å². The minimum Gasteiger partial charge on any atom is -0.345 e. The highest BCUT2D eigenvalue weighted by Gasteiger charge is 2.56. The van der Waals surface area contributed by atoms with Crippen LogP contribution in [0.1, 0.15) is 75.2 Å². The summed E-state index contributed by atoms with van der Waals surface area (Å²) in [6.45, 7) is 5.24. The van der Waals surface area contributed by atoms with E-state index in [1.54, 1.807) is 45.0 Å². The summed E-state index contributed by atoms with van der Waals surface area (Å²) in [7, 11) is 0. The Morgan fingerprint density at radius 2 is 1.27 bits per heavy atom. The molecule has 0 aliphatic heterocycles. The van der Waals surface area contributed by atoms with Crippen LogP contribution in [0, 0.1) is 29.1 Å². The lowest BCUT2D eigenvalue weighted by molar-refractivity contribution is -0.141. The summed E-state index contributed by atoms with van der Waals surface area (Å²) in [6.07, 6.45) is 6.20. The maximum absolute atomic E-state index is 14.0. The number of carbonyl (C=O) groups is 5. The third-order valence-electron chi connectivity index (χ3n) is 9.79. The second-order valence-electron chi connectivity index (χ2n) is 13.5. The Morgan fingerprint density at radius 3 is 1.82 bits per heavy atom. The lowest BCUT2D eigenvalue weighted by Gasteiger charge is -2.59. The molecule has 234 valence electrons. The number of hydrogen-bond donors (Lipinski definition) is 4. The number of amides is 4. The van der Waals surface area contributed by atoms with Crippen LogP contribution in [0.15, 0.2) is 60.7 Å². The van der Waals surface area contributed by atoms with Crippen molar-refractivity contribution in [3.8, 4) is 0 Å². The zero-order valence-electron chi connectivity index (χ0n) is 25.8. The van der Waals surface area contributed by atoms with Crippen LogP contribution in [0.25, 0.3) is 0 Å². The summed E-state index contributed by atoms with van der Waals surface area (Å²) in [6, 6.07) is 15.3. The molecule has 6 rings (SSSR count). The first-order valence-electron chi connectivity index (χ1n) is 15.9. The highest BCUT2D eigenvalue weighted by Crippen LogP contribution is 2.61. The highest BCUT2D eigenvalue weighted by molar-refractivity contribution is 6.38. The first kappa shape index (κ1) is 31.4. The van der Waals surface area contributed by atoms with Gasteiger partial charge in [0.2, 0.25) is 17.6 Å². The summed E-state index contributed by atoms with van der Waals surface area (Å²) in [5.41, 5.74) is 0.972. The molecule has 2 aromatic rings. The third-order valence-corrected chi connectivity index (χ3v) is 9.79. The summed E-state index contributed by atoms with van der Waals surface area (Å²) in [5.74, 6) is -1.51. The Morgan fingerprint density at radius 1 is 0.727 bits per heavy atom. The van der Waals surface area contributed by atoms with Crippen molar-refractivity contribution in [2.24, 2.45) is 29.1 Å². The van der Waals surface area contributed by atoms with Gasteiger partial charge in [0, 0.05) is 17.5 Å². The van der Waals surface area contributed by atoms with Gasteiger partial charge in [0.25, 0.3) is 11.8 Å². The molecule has 4 saturated carbocycles. The average molecular weight is 601 g/mol. The Balaban J connectivity index is 1.26. The standard InChI is InChI=1S/C35H44N4O5/c1-21(2)28(29(40)33(43)36-20-23-10-6-4-7-11-23)38-31(41)22(3)37-34(44)30(39-32(42)27-12-8-5-9-13-27)35-17-24-14-25(18-35)16-26(15-24)19-35/h4-13,21-22,24-26,28,30H,14-20H2,1-3H3,(H,36,43)(H,37,44)(H,38,41)(H,39,42)/t22-,24?,25?,26?,28-,30+,35?/m0/s1. The molecule has 4 aliphatic rings. The quantitative estimate of drug-likeness (QED) is 0.277. The number of ketones is 1. The molecule has 4 fully saturated rings.